The third kappa shape index (κ3) is 5.14. The minimum atomic E-state index is -4.23. The molecule has 2 N–H and O–H groups in total. The molecule has 26 heavy (non-hydrogen) atoms. The zero-order chi connectivity index (χ0) is 19.3. The second-order valence-electron chi connectivity index (χ2n) is 5.79. The van der Waals surface area contributed by atoms with Gasteiger partial charge in [0.15, 0.2) is 0 Å². The van der Waals surface area contributed by atoms with Crippen LogP contribution in [-0.2, 0) is 0 Å². The maximum absolute atomic E-state index is 12.8. The van der Waals surface area contributed by atoms with Gasteiger partial charge in [0, 0.05) is 19.2 Å². The van der Waals surface area contributed by atoms with E-state index in [4.69, 9.17) is 9.84 Å². The van der Waals surface area contributed by atoms with Crippen molar-refractivity contribution in [3.05, 3.63) is 28.3 Å². The summed E-state index contributed by atoms with van der Waals surface area (Å²) in [6, 6.07) is 3.88. The molecule has 1 amide bonds. The fourth-order valence-corrected chi connectivity index (χ4v) is 2.76. The van der Waals surface area contributed by atoms with Gasteiger partial charge in [-0.3, -0.25) is 10.1 Å². The molecule has 0 bridgehead atoms. The van der Waals surface area contributed by atoms with E-state index in [1.807, 2.05) is 0 Å². The fourth-order valence-electron chi connectivity index (χ4n) is 2.76. The first-order valence-electron chi connectivity index (χ1n) is 7.88. The summed E-state index contributed by atoms with van der Waals surface area (Å²) in [6.45, 7) is 0.185. The quantitative estimate of drug-likeness (QED) is 0.449. The number of nitro groups is 1. The summed E-state index contributed by atoms with van der Waals surface area (Å²) in [5.41, 5.74) is 0.228. The standard InChI is InChI=1S/C15H18F3N3O5/c16-15(17,18)10-3-6-20(7-4-10)12-2-1-11(21(24)25)9-13(12)26-8-5-19-14(22)23/h1-2,9-10,19H,3-8H2,(H,22,23). The number of hydrogen-bond acceptors (Lipinski definition) is 5. The van der Waals surface area contributed by atoms with Crippen LogP contribution in [0.2, 0.25) is 0 Å². The number of anilines is 1. The lowest BCUT2D eigenvalue weighted by molar-refractivity contribution is -0.384. The molecule has 0 spiro atoms. The third-order valence-electron chi connectivity index (χ3n) is 4.09. The van der Waals surface area contributed by atoms with E-state index in [-0.39, 0.29) is 50.5 Å². The molecule has 1 heterocycles. The zero-order valence-electron chi connectivity index (χ0n) is 13.7. The first-order chi connectivity index (χ1) is 12.2. The molecule has 2 rings (SSSR count). The molecule has 144 valence electrons. The van der Waals surface area contributed by atoms with Gasteiger partial charge in [-0.2, -0.15) is 13.2 Å². The number of rotatable bonds is 6. The summed E-state index contributed by atoms with van der Waals surface area (Å²) in [4.78, 5) is 22.4. The van der Waals surface area contributed by atoms with E-state index in [0.29, 0.717) is 5.69 Å². The number of piperidine rings is 1. The van der Waals surface area contributed by atoms with Gasteiger partial charge in [0.1, 0.15) is 12.4 Å². The molecule has 0 aliphatic carbocycles. The Morgan fingerprint density at radius 1 is 1.38 bits per heavy atom. The number of non-ortho nitro benzene ring substituents is 1. The summed E-state index contributed by atoms with van der Waals surface area (Å²) in [5.74, 6) is -1.22. The van der Waals surface area contributed by atoms with E-state index in [0.717, 1.165) is 0 Å². The van der Waals surface area contributed by atoms with Crippen LogP contribution in [0, 0.1) is 16.0 Å². The van der Waals surface area contributed by atoms with Gasteiger partial charge in [-0.1, -0.05) is 0 Å². The van der Waals surface area contributed by atoms with E-state index in [1.54, 1.807) is 4.90 Å². The van der Waals surface area contributed by atoms with Gasteiger partial charge in [-0.25, -0.2) is 4.79 Å². The highest BCUT2D eigenvalue weighted by molar-refractivity contribution is 5.64. The predicted molar refractivity (Wildman–Crippen MR) is 85.6 cm³/mol. The second kappa shape index (κ2) is 8.11. The van der Waals surface area contributed by atoms with Crippen LogP contribution in [0.15, 0.2) is 18.2 Å². The molecule has 11 heteroatoms. The molecule has 0 radical (unpaired) electrons. The van der Waals surface area contributed by atoms with Gasteiger partial charge < -0.3 is 20.1 Å². The van der Waals surface area contributed by atoms with Crippen molar-refractivity contribution in [2.45, 2.75) is 19.0 Å². The monoisotopic (exact) mass is 377 g/mol. The van der Waals surface area contributed by atoms with Gasteiger partial charge in [-0.05, 0) is 18.9 Å². The van der Waals surface area contributed by atoms with Gasteiger partial charge in [-0.15, -0.1) is 0 Å². The molecular weight excluding hydrogens is 359 g/mol. The van der Waals surface area contributed by atoms with Crippen molar-refractivity contribution in [2.75, 3.05) is 31.1 Å². The third-order valence-corrected chi connectivity index (χ3v) is 4.09. The van der Waals surface area contributed by atoms with Gasteiger partial charge >= 0.3 is 12.3 Å². The van der Waals surface area contributed by atoms with Gasteiger partial charge in [0.05, 0.1) is 29.1 Å². The molecule has 0 atom stereocenters. The smallest absolute Gasteiger partial charge is 0.404 e. The van der Waals surface area contributed by atoms with Gasteiger partial charge in [0.2, 0.25) is 0 Å². The van der Waals surface area contributed by atoms with Crippen LogP contribution in [0.4, 0.5) is 29.3 Å². The molecule has 1 saturated heterocycles. The lowest BCUT2D eigenvalue weighted by Crippen LogP contribution is -2.39. The number of amides is 1. The molecule has 1 aromatic rings. The Labute approximate surface area is 146 Å². The number of halogens is 3. The number of carbonyl (C=O) groups is 1. The summed E-state index contributed by atoms with van der Waals surface area (Å²) in [6.07, 6.45) is -5.60. The predicted octanol–water partition coefficient (Wildman–Crippen LogP) is 3.02. The first kappa shape index (κ1) is 19.6. The number of hydrogen-bond donors (Lipinski definition) is 2. The minimum absolute atomic E-state index is 0.0341. The number of ether oxygens (including phenoxy) is 1. The topological polar surface area (TPSA) is 105 Å². The highest BCUT2D eigenvalue weighted by Gasteiger charge is 2.41. The Hall–Kier alpha value is -2.72. The summed E-state index contributed by atoms with van der Waals surface area (Å²) in [5, 5.41) is 21.5. The van der Waals surface area contributed by atoms with E-state index >= 15 is 0 Å². The van der Waals surface area contributed by atoms with Crippen LogP contribution in [0.3, 0.4) is 0 Å². The summed E-state index contributed by atoms with van der Waals surface area (Å²) >= 11 is 0. The molecule has 1 aliphatic heterocycles. The molecule has 1 fully saturated rings. The maximum Gasteiger partial charge on any atom is 0.404 e. The van der Waals surface area contributed by atoms with Crippen molar-refractivity contribution < 1.29 is 32.7 Å². The molecular formula is C15H18F3N3O5. The fraction of sp³-hybridized carbons (Fsp3) is 0.533. The van der Waals surface area contributed by atoms with Crippen molar-refractivity contribution in [1.29, 1.82) is 0 Å². The Bertz CT molecular complexity index is 660. The van der Waals surface area contributed by atoms with Crippen LogP contribution in [0.1, 0.15) is 12.8 Å². The minimum Gasteiger partial charge on any atom is -0.489 e. The Morgan fingerprint density at radius 2 is 2.04 bits per heavy atom. The number of nitro benzene ring substituents is 1. The average molecular weight is 377 g/mol. The second-order valence-corrected chi connectivity index (χ2v) is 5.79. The SMILES string of the molecule is O=C(O)NCCOc1cc([N+](=O)[O-])ccc1N1CCC(C(F)(F)F)CC1. The molecule has 1 aliphatic rings. The largest absolute Gasteiger partial charge is 0.489 e. The highest BCUT2D eigenvalue weighted by atomic mass is 19.4. The van der Waals surface area contributed by atoms with Crippen LogP contribution in [0.5, 0.6) is 5.75 Å². The molecule has 0 aromatic heterocycles. The summed E-state index contributed by atoms with van der Waals surface area (Å²) < 4.78 is 43.8. The van der Waals surface area contributed by atoms with Crippen molar-refractivity contribution >= 4 is 17.5 Å². The van der Waals surface area contributed by atoms with Crippen LogP contribution in [0.25, 0.3) is 0 Å². The van der Waals surface area contributed by atoms with Crippen molar-refractivity contribution in [3.63, 3.8) is 0 Å². The number of nitrogens with one attached hydrogen (secondary N) is 1. The first-order valence-corrected chi connectivity index (χ1v) is 7.88. The number of carboxylic acid groups (broad SMARTS) is 1. The maximum atomic E-state index is 12.8. The molecule has 0 unspecified atom stereocenters. The Morgan fingerprint density at radius 3 is 2.58 bits per heavy atom. The zero-order valence-corrected chi connectivity index (χ0v) is 13.7. The van der Waals surface area contributed by atoms with Crippen molar-refractivity contribution in [3.8, 4) is 5.75 Å². The Balaban J connectivity index is 2.11. The highest BCUT2D eigenvalue weighted by Crippen LogP contribution is 2.38. The Kier molecular flexibility index (Phi) is 6.11. The van der Waals surface area contributed by atoms with Crippen molar-refractivity contribution in [2.24, 2.45) is 5.92 Å². The summed E-state index contributed by atoms with van der Waals surface area (Å²) in [7, 11) is 0. The van der Waals surface area contributed by atoms with Crippen LogP contribution >= 0.6 is 0 Å². The van der Waals surface area contributed by atoms with E-state index in [1.165, 1.54) is 18.2 Å². The number of benzene rings is 1. The lowest BCUT2D eigenvalue weighted by Gasteiger charge is -2.35. The van der Waals surface area contributed by atoms with Gasteiger partial charge in [0.25, 0.3) is 5.69 Å². The van der Waals surface area contributed by atoms with E-state index in [9.17, 15) is 28.1 Å². The van der Waals surface area contributed by atoms with E-state index in [2.05, 4.69) is 5.32 Å². The number of alkyl halides is 3. The number of nitrogens with zero attached hydrogens (tertiary/aromatic N) is 2. The molecule has 1 aromatic carbocycles. The van der Waals surface area contributed by atoms with Crippen LogP contribution < -0.4 is 15.0 Å². The molecule has 0 saturated carbocycles. The van der Waals surface area contributed by atoms with Crippen LogP contribution in [-0.4, -0.2) is 48.5 Å². The average Bonchev–Trinajstić information content (AvgIpc) is 2.57. The lowest BCUT2D eigenvalue weighted by atomic mass is 9.96. The van der Waals surface area contributed by atoms with E-state index < -0.39 is 23.1 Å². The molecule has 8 nitrogen and oxygen atoms in total. The van der Waals surface area contributed by atoms with Crippen molar-refractivity contribution in [1.82, 2.24) is 5.32 Å². The normalized spacial score (nSPS) is 15.6.